The van der Waals surface area contributed by atoms with Crippen molar-refractivity contribution >= 4 is 24.1 Å². The monoisotopic (exact) mass is 290 g/mol. The summed E-state index contributed by atoms with van der Waals surface area (Å²) in [4.78, 5) is 2.34. The number of rotatable bonds is 4. The fourth-order valence-corrected chi connectivity index (χ4v) is 3.23. The van der Waals surface area contributed by atoms with Gasteiger partial charge in [0.15, 0.2) is 0 Å². The number of hydrogen-bond acceptors (Lipinski definition) is 3. The molecule has 0 aliphatic carbocycles. The van der Waals surface area contributed by atoms with Gasteiger partial charge in [-0.2, -0.15) is 0 Å². The van der Waals surface area contributed by atoms with Gasteiger partial charge in [0.05, 0.1) is 0 Å². The Morgan fingerprint density at radius 3 is 1.47 bits per heavy atom. The average Bonchev–Trinajstić information content (AvgIpc) is 2.34. The van der Waals surface area contributed by atoms with Crippen LogP contribution >= 0.6 is 24.1 Å². The van der Waals surface area contributed by atoms with Gasteiger partial charge in [0, 0.05) is 33.9 Å². The summed E-state index contributed by atoms with van der Waals surface area (Å²) in [7, 11) is 0. The predicted octanol–water partition coefficient (Wildman–Crippen LogP) is 5.65. The van der Waals surface area contributed by atoms with Crippen molar-refractivity contribution in [3.8, 4) is 0 Å². The standard InChI is InChI=1S/C16H18OS2/c1-11-5-7-15(13(3)9-11)18-17-19-16-8-6-12(2)10-14(16)4/h5-10H,1-4H3. The zero-order chi connectivity index (χ0) is 13.8. The van der Waals surface area contributed by atoms with E-state index in [-0.39, 0.29) is 0 Å². The zero-order valence-corrected chi connectivity index (χ0v) is 13.3. The molecule has 3 heteroatoms. The third kappa shape index (κ3) is 4.03. The number of benzene rings is 2. The molecule has 19 heavy (non-hydrogen) atoms. The van der Waals surface area contributed by atoms with Crippen molar-refractivity contribution in [2.45, 2.75) is 37.5 Å². The SMILES string of the molecule is Cc1ccc(SOSc2ccc(C)cc2C)c(C)c1. The van der Waals surface area contributed by atoms with Crippen molar-refractivity contribution < 1.29 is 3.63 Å². The topological polar surface area (TPSA) is 9.23 Å². The summed E-state index contributed by atoms with van der Waals surface area (Å²) >= 11 is 2.85. The summed E-state index contributed by atoms with van der Waals surface area (Å²) in [6.45, 7) is 8.43. The van der Waals surface area contributed by atoms with E-state index >= 15 is 0 Å². The molecule has 100 valence electrons. The Kier molecular flexibility index (Phi) is 4.97. The van der Waals surface area contributed by atoms with E-state index in [1.807, 2.05) is 0 Å². The van der Waals surface area contributed by atoms with Crippen molar-refractivity contribution in [2.24, 2.45) is 0 Å². The van der Waals surface area contributed by atoms with E-state index in [1.54, 1.807) is 0 Å². The minimum Gasteiger partial charge on any atom is -0.237 e. The van der Waals surface area contributed by atoms with Crippen molar-refractivity contribution in [3.63, 3.8) is 0 Å². The molecule has 0 heterocycles. The molecule has 0 aliphatic rings. The molecule has 0 radical (unpaired) electrons. The minimum atomic E-state index is 1.17. The summed E-state index contributed by atoms with van der Waals surface area (Å²) in [5, 5.41) is 0. The zero-order valence-electron chi connectivity index (χ0n) is 11.7. The minimum absolute atomic E-state index is 1.17. The summed E-state index contributed by atoms with van der Waals surface area (Å²) in [5.74, 6) is 0. The van der Waals surface area contributed by atoms with E-state index in [0.717, 1.165) is 0 Å². The maximum atomic E-state index is 5.68. The maximum absolute atomic E-state index is 5.68. The molecule has 0 N–H and O–H groups in total. The number of hydrogen-bond donors (Lipinski definition) is 0. The quantitative estimate of drug-likeness (QED) is 0.673. The highest BCUT2D eigenvalue weighted by atomic mass is 32.2. The highest BCUT2D eigenvalue weighted by Crippen LogP contribution is 2.33. The lowest BCUT2D eigenvalue weighted by molar-refractivity contribution is 0.754. The summed E-state index contributed by atoms with van der Waals surface area (Å²) < 4.78 is 5.68. The summed E-state index contributed by atoms with van der Waals surface area (Å²) in [5.41, 5.74) is 5.07. The Hall–Kier alpha value is -0.900. The first-order valence-corrected chi connectivity index (χ1v) is 7.70. The van der Waals surface area contributed by atoms with Crippen LogP contribution in [0.2, 0.25) is 0 Å². The molecule has 0 saturated carbocycles. The van der Waals surface area contributed by atoms with Crippen LogP contribution in [-0.2, 0) is 3.63 Å². The number of aryl methyl sites for hydroxylation is 4. The van der Waals surface area contributed by atoms with Gasteiger partial charge in [-0.3, -0.25) is 0 Å². The van der Waals surface area contributed by atoms with Gasteiger partial charge >= 0.3 is 0 Å². The second-order valence-corrected chi connectivity index (χ2v) is 6.53. The highest BCUT2D eigenvalue weighted by Gasteiger charge is 2.04. The lowest BCUT2D eigenvalue weighted by Crippen LogP contribution is -1.83. The molecule has 2 aromatic rings. The molecule has 0 atom stereocenters. The van der Waals surface area contributed by atoms with Crippen LogP contribution in [0.3, 0.4) is 0 Å². The van der Waals surface area contributed by atoms with Crippen LogP contribution in [0.15, 0.2) is 46.2 Å². The molecule has 1 nitrogen and oxygen atoms in total. The van der Waals surface area contributed by atoms with Crippen LogP contribution in [-0.4, -0.2) is 0 Å². The molecular formula is C16H18OS2. The van der Waals surface area contributed by atoms with Gasteiger partial charge in [-0.05, 0) is 51.0 Å². The van der Waals surface area contributed by atoms with E-state index in [1.165, 1.54) is 56.1 Å². The smallest absolute Gasteiger partial charge is 0.0450 e. The molecule has 0 unspecified atom stereocenters. The van der Waals surface area contributed by atoms with Gasteiger partial charge in [-0.25, -0.2) is 3.63 Å². The van der Waals surface area contributed by atoms with Crippen molar-refractivity contribution in [3.05, 3.63) is 58.7 Å². The van der Waals surface area contributed by atoms with Gasteiger partial charge in [-0.1, -0.05) is 35.4 Å². The molecule has 0 spiro atoms. The van der Waals surface area contributed by atoms with Crippen LogP contribution < -0.4 is 0 Å². The van der Waals surface area contributed by atoms with Crippen LogP contribution in [0.25, 0.3) is 0 Å². The predicted molar refractivity (Wildman–Crippen MR) is 84.6 cm³/mol. The van der Waals surface area contributed by atoms with E-state index in [4.69, 9.17) is 3.63 Å². The van der Waals surface area contributed by atoms with Crippen molar-refractivity contribution in [1.29, 1.82) is 0 Å². The third-order valence-electron chi connectivity index (χ3n) is 2.91. The fraction of sp³-hybridized carbons (Fsp3) is 0.250. The first kappa shape index (κ1) is 14.5. The molecule has 0 aromatic heterocycles. The molecule has 0 bridgehead atoms. The Morgan fingerprint density at radius 2 is 1.11 bits per heavy atom. The van der Waals surface area contributed by atoms with Gasteiger partial charge in [0.2, 0.25) is 0 Å². The van der Waals surface area contributed by atoms with Crippen LogP contribution in [0.5, 0.6) is 0 Å². The van der Waals surface area contributed by atoms with Gasteiger partial charge in [0.1, 0.15) is 0 Å². The van der Waals surface area contributed by atoms with E-state index in [2.05, 4.69) is 64.1 Å². The molecule has 2 aromatic carbocycles. The largest absolute Gasteiger partial charge is 0.237 e. The molecular weight excluding hydrogens is 272 g/mol. The molecule has 0 aliphatic heterocycles. The lowest BCUT2D eigenvalue weighted by Gasteiger charge is -2.07. The second kappa shape index (κ2) is 6.51. The second-order valence-electron chi connectivity index (χ2n) is 4.77. The Balaban J connectivity index is 1.96. The third-order valence-corrected chi connectivity index (χ3v) is 4.73. The summed E-state index contributed by atoms with van der Waals surface area (Å²) in [6, 6.07) is 12.8. The molecule has 2 rings (SSSR count). The molecule has 0 fully saturated rings. The molecule has 0 saturated heterocycles. The Labute approximate surface area is 124 Å². The highest BCUT2D eigenvalue weighted by molar-refractivity contribution is 8.08. The summed E-state index contributed by atoms with van der Waals surface area (Å²) in [6.07, 6.45) is 0. The Bertz CT molecular complexity index is 527. The van der Waals surface area contributed by atoms with Gasteiger partial charge < -0.3 is 0 Å². The van der Waals surface area contributed by atoms with E-state index in [9.17, 15) is 0 Å². The lowest BCUT2D eigenvalue weighted by atomic mass is 10.2. The van der Waals surface area contributed by atoms with Crippen molar-refractivity contribution in [1.82, 2.24) is 0 Å². The van der Waals surface area contributed by atoms with Crippen LogP contribution in [0, 0.1) is 27.7 Å². The van der Waals surface area contributed by atoms with E-state index < -0.39 is 0 Å². The average molecular weight is 290 g/mol. The van der Waals surface area contributed by atoms with Crippen LogP contribution in [0.4, 0.5) is 0 Å². The Morgan fingerprint density at radius 1 is 0.684 bits per heavy atom. The maximum Gasteiger partial charge on any atom is 0.0450 e. The fourth-order valence-electron chi connectivity index (χ4n) is 1.88. The normalized spacial score (nSPS) is 10.7. The van der Waals surface area contributed by atoms with E-state index in [0.29, 0.717) is 0 Å². The first-order valence-electron chi connectivity index (χ1n) is 6.22. The molecule has 0 amide bonds. The van der Waals surface area contributed by atoms with Crippen LogP contribution in [0.1, 0.15) is 22.3 Å². The van der Waals surface area contributed by atoms with Gasteiger partial charge in [0.25, 0.3) is 0 Å². The van der Waals surface area contributed by atoms with Crippen molar-refractivity contribution in [2.75, 3.05) is 0 Å². The van der Waals surface area contributed by atoms with Gasteiger partial charge in [-0.15, -0.1) is 0 Å². The first-order chi connectivity index (χ1) is 9.06.